The maximum atomic E-state index is 12.3. The van der Waals surface area contributed by atoms with Crippen LogP contribution in [0, 0.1) is 5.41 Å². The monoisotopic (exact) mass is 249 g/mol. The van der Waals surface area contributed by atoms with Crippen molar-refractivity contribution in [3.63, 3.8) is 0 Å². The summed E-state index contributed by atoms with van der Waals surface area (Å²) >= 11 is 0. The minimum Gasteiger partial charge on any atom is -0.369 e. The van der Waals surface area contributed by atoms with E-state index < -0.39 is 29.8 Å². The van der Waals surface area contributed by atoms with Gasteiger partial charge in [-0.1, -0.05) is 6.08 Å². The normalized spacial score (nSPS) is 24.3. The maximum absolute atomic E-state index is 12.3. The number of halogens is 3. The third kappa shape index (κ3) is 3.05. The minimum atomic E-state index is -4.56. The van der Waals surface area contributed by atoms with E-state index in [-0.39, 0.29) is 12.1 Å². The van der Waals surface area contributed by atoms with Crippen molar-refractivity contribution in [1.29, 1.82) is 0 Å². The number of nitrogens with zero attached hydrogens (tertiary/aromatic N) is 1. The molecule has 94 valence electrons. The standard InChI is InChI=1S/C9H10F3N3O2/c10-9(11,12)3-8(7(14)17)2-1-5(6(13)16)15-4-8/h1,4H,2-3H2,(H2,13,16)(H2,14,17). The van der Waals surface area contributed by atoms with E-state index in [2.05, 4.69) is 4.99 Å². The number of hydrogen-bond donors (Lipinski definition) is 2. The number of carbonyl (C=O) groups is 2. The van der Waals surface area contributed by atoms with Crippen LogP contribution >= 0.6 is 0 Å². The van der Waals surface area contributed by atoms with Gasteiger partial charge in [-0.15, -0.1) is 0 Å². The van der Waals surface area contributed by atoms with Gasteiger partial charge in [0, 0.05) is 6.21 Å². The van der Waals surface area contributed by atoms with Crippen LogP contribution in [-0.2, 0) is 9.59 Å². The number of allylic oxidation sites excluding steroid dienone is 1. The second-order valence-corrected chi connectivity index (χ2v) is 3.73. The molecule has 8 heteroatoms. The summed E-state index contributed by atoms with van der Waals surface area (Å²) in [5.41, 5.74) is 7.74. The van der Waals surface area contributed by atoms with Crippen molar-refractivity contribution in [2.75, 3.05) is 0 Å². The fourth-order valence-electron chi connectivity index (χ4n) is 1.47. The predicted octanol–water partition coefficient (Wildman–Crippen LogP) is 0.254. The zero-order valence-electron chi connectivity index (χ0n) is 8.62. The molecule has 0 saturated heterocycles. The van der Waals surface area contributed by atoms with Crippen molar-refractivity contribution in [2.24, 2.45) is 21.9 Å². The molecule has 0 radical (unpaired) electrons. The van der Waals surface area contributed by atoms with E-state index in [4.69, 9.17) is 11.5 Å². The van der Waals surface area contributed by atoms with Crippen molar-refractivity contribution in [2.45, 2.75) is 19.0 Å². The van der Waals surface area contributed by atoms with E-state index in [9.17, 15) is 22.8 Å². The molecule has 5 nitrogen and oxygen atoms in total. The van der Waals surface area contributed by atoms with Gasteiger partial charge in [-0.25, -0.2) is 0 Å². The zero-order valence-corrected chi connectivity index (χ0v) is 8.62. The molecule has 0 aromatic rings. The molecule has 1 atom stereocenters. The van der Waals surface area contributed by atoms with Crippen LogP contribution in [0.2, 0.25) is 0 Å². The number of aliphatic imine (C=N–C) groups is 1. The van der Waals surface area contributed by atoms with Crippen molar-refractivity contribution in [3.05, 3.63) is 11.8 Å². The average molecular weight is 249 g/mol. The van der Waals surface area contributed by atoms with Crippen molar-refractivity contribution >= 4 is 18.0 Å². The summed E-state index contributed by atoms with van der Waals surface area (Å²) in [6, 6.07) is 0. The summed E-state index contributed by atoms with van der Waals surface area (Å²) in [6.45, 7) is 0. The number of carbonyl (C=O) groups excluding carboxylic acids is 2. The first-order valence-electron chi connectivity index (χ1n) is 4.58. The van der Waals surface area contributed by atoms with Gasteiger partial charge in [0.15, 0.2) is 0 Å². The molecule has 1 heterocycles. The van der Waals surface area contributed by atoms with E-state index in [1.165, 1.54) is 0 Å². The predicted molar refractivity (Wildman–Crippen MR) is 52.7 cm³/mol. The Bertz CT molecular complexity index is 414. The van der Waals surface area contributed by atoms with Crippen molar-refractivity contribution in [1.82, 2.24) is 0 Å². The van der Waals surface area contributed by atoms with Crippen LogP contribution in [0.25, 0.3) is 0 Å². The molecule has 4 N–H and O–H groups in total. The highest BCUT2D eigenvalue weighted by Gasteiger charge is 2.46. The Labute approximate surface area is 94.4 Å². The third-order valence-electron chi connectivity index (χ3n) is 2.37. The van der Waals surface area contributed by atoms with Gasteiger partial charge in [0.05, 0.1) is 11.8 Å². The number of alkyl halides is 3. The van der Waals surface area contributed by atoms with Gasteiger partial charge in [0.2, 0.25) is 5.91 Å². The molecule has 0 aromatic carbocycles. The first kappa shape index (κ1) is 13.2. The fraction of sp³-hybridized carbons (Fsp3) is 0.444. The maximum Gasteiger partial charge on any atom is 0.390 e. The molecule has 1 aliphatic heterocycles. The summed E-state index contributed by atoms with van der Waals surface area (Å²) in [6.07, 6.45) is -4.48. The molecule has 1 aliphatic rings. The number of primary amides is 2. The Morgan fingerprint density at radius 2 is 2.00 bits per heavy atom. The van der Waals surface area contributed by atoms with Crippen LogP contribution in [0.1, 0.15) is 12.8 Å². The van der Waals surface area contributed by atoms with Crippen LogP contribution in [0.4, 0.5) is 13.2 Å². The van der Waals surface area contributed by atoms with Gasteiger partial charge in [0.25, 0.3) is 5.91 Å². The highest BCUT2D eigenvalue weighted by atomic mass is 19.4. The molecule has 0 fully saturated rings. The zero-order chi connectivity index (χ0) is 13.3. The molecule has 0 saturated carbocycles. The lowest BCUT2D eigenvalue weighted by atomic mass is 9.79. The summed E-state index contributed by atoms with van der Waals surface area (Å²) < 4.78 is 37.0. The summed E-state index contributed by atoms with van der Waals surface area (Å²) in [5, 5.41) is 0. The quantitative estimate of drug-likeness (QED) is 0.749. The smallest absolute Gasteiger partial charge is 0.369 e. The molecule has 2 amide bonds. The Hall–Kier alpha value is -1.86. The van der Waals surface area contributed by atoms with E-state index >= 15 is 0 Å². The van der Waals surface area contributed by atoms with E-state index in [0.29, 0.717) is 0 Å². The lowest BCUT2D eigenvalue weighted by Crippen LogP contribution is -2.43. The highest BCUT2D eigenvalue weighted by Crippen LogP contribution is 2.37. The Balaban J connectivity index is 2.98. The number of nitrogens with two attached hydrogens (primary N) is 2. The fourth-order valence-corrected chi connectivity index (χ4v) is 1.47. The number of hydrogen-bond acceptors (Lipinski definition) is 3. The lowest BCUT2D eigenvalue weighted by molar-refractivity contribution is -0.158. The van der Waals surface area contributed by atoms with Crippen LogP contribution < -0.4 is 11.5 Å². The van der Waals surface area contributed by atoms with E-state index in [1.807, 2.05) is 0 Å². The van der Waals surface area contributed by atoms with Crippen LogP contribution in [0.3, 0.4) is 0 Å². The second-order valence-electron chi connectivity index (χ2n) is 3.73. The van der Waals surface area contributed by atoms with Crippen LogP contribution in [0.15, 0.2) is 16.8 Å². The molecule has 0 aromatic heterocycles. The molecule has 0 bridgehead atoms. The Morgan fingerprint density at radius 1 is 1.41 bits per heavy atom. The first-order valence-corrected chi connectivity index (χ1v) is 4.58. The van der Waals surface area contributed by atoms with Gasteiger partial charge in [0.1, 0.15) is 5.70 Å². The second kappa shape index (κ2) is 4.19. The first-order chi connectivity index (χ1) is 7.66. The van der Waals surface area contributed by atoms with Gasteiger partial charge in [-0.05, 0) is 6.42 Å². The van der Waals surface area contributed by atoms with Crippen molar-refractivity contribution < 1.29 is 22.8 Å². The average Bonchev–Trinajstić information content (AvgIpc) is 2.15. The summed E-state index contributed by atoms with van der Waals surface area (Å²) in [7, 11) is 0. The summed E-state index contributed by atoms with van der Waals surface area (Å²) in [4.78, 5) is 25.3. The molecule has 0 spiro atoms. The van der Waals surface area contributed by atoms with Crippen LogP contribution in [0.5, 0.6) is 0 Å². The highest BCUT2D eigenvalue weighted by molar-refractivity contribution is 6.02. The van der Waals surface area contributed by atoms with Gasteiger partial charge >= 0.3 is 6.18 Å². The molecule has 1 rings (SSSR count). The lowest BCUT2D eigenvalue weighted by Gasteiger charge is -2.28. The SMILES string of the molecule is NC(=O)C1=CCC(CC(F)(F)F)(C(N)=O)C=N1. The number of amides is 2. The largest absolute Gasteiger partial charge is 0.390 e. The topological polar surface area (TPSA) is 98.5 Å². The van der Waals surface area contributed by atoms with E-state index in [1.54, 1.807) is 0 Å². The Morgan fingerprint density at radius 3 is 2.29 bits per heavy atom. The summed E-state index contributed by atoms with van der Waals surface area (Å²) in [5.74, 6) is -2.01. The minimum absolute atomic E-state index is 0.177. The molecular weight excluding hydrogens is 239 g/mol. The van der Waals surface area contributed by atoms with Gasteiger partial charge < -0.3 is 11.5 Å². The van der Waals surface area contributed by atoms with Gasteiger partial charge in [-0.2, -0.15) is 13.2 Å². The van der Waals surface area contributed by atoms with Crippen LogP contribution in [-0.4, -0.2) is 24.2 Å². The van der Waals surface area contributed by atoms with E-state index in [0.717, 1.165) is 12.3 Å². The molecule has 0 aliphatic carbocycles. The molecular formula is C9H10F3N3O2. The third-order valence-corrected chi connectivity index (χ3v) is 2.37. The number of rotatable bonds is 3. The molecule has 1 unspecified atom stereocenters. The van der Waals surface area contributed by atoms with Crippen molar-refractivity contribution in [3.8, 4) is 0 Å². The Kier molecular flexibility index (Phi) is 3.25. The van der Waals surface area contributed by atoms with Gasteiger partial charge in [-0.3, -0.25) is 14.6 Å². The molecule has 17 heavy (non-hydrogen) atoms.